The summed E-state index contributed by atoms with van der Waals surface area (Å²) < 4.78 is 0. The predicted molar refractivity (Wildman–Crippen MR) is 48.0 cm³/mol. The van der Waals surface area contributed by atoms with Gasteiger partial charge in [-0.25, -0.2) is 0 Å². The summed E-state index contributed by atoms with van der Waals surface area (Å²) in [4.78, 5) is 34.7. The summed E-state index contributed by atoms with van der Waals surface area (Å²) in [5.74, 6) is -1.28. The first-order valence-corrected chi connectivity index (χ1v) is 4.44. The molecule has 6 nitrogen and oxygen atoms in total. The maximum Gasteiger partial charge on any atom is 0.246 e. The Morgan fingerprint density at radius 2 is 2.00 bits per heavy atom. The van der Waals surface area contributed by atoms with E-state index in [4.69, 9.17) is 5.73 Å². The van der Waals surface area contributed by atoms with Gasteiger partial charge in [-0.05, 0) is 13.0 Å². The topological polar surface area (TPSA) is 92.5 Å². The van der Waals surface area contributed by atoms with Gasteiger partial charge in [-0.15, -0.1) is 0 Å². The Labute approximate surface area is 81.4 Å². The van der Waals surface area contributed by atoms with E-state index < -0.39 is 11.8 Å². The highest BCUT2D eigenvalue weighted by Gasteiger charge is 2.24. The van der Waals surface area contributed by atoms with Crippen LogP contribution in [0.2, 0.25) is 0 Å². The molecule has 0 spiro atoms. The Hall–Kier alpha value is -1.43. The van der Waals surface area contributed by atoms with Crippen LogP contribution in [0.25, 0.3) is 0 Å². The zero-order chi connectivity index (χ0) is 10.6. The van der Waals surface area contributed by atoms with Crippen LogP contribution >= 0.6 is 0 Å². The van der Waals surface area contributed by atoms with Crippen molar-refractivity contribution in [2.24, 2.45) is 5.73 Å². The molecule has 1 rings (SSSR count). The van der Waals surface area contributed by atoms with Crippen LogP contribution < -0.4 is 11.1 Å². The Morgan fingerprint density at radius 1 is 1.29 bits per heavy atom. The smallest absolute Gasteiger partial charge is 0.246 e. The standard InChI is InChI=1S/C8H13N3O3/c9-2-1-3-11-5-7(13)10-6(12)4-8(11)14/h1-5,9H2,(H,10,12,13). The summed E-state index contributed by atoms with van der Waals surface area (Å²) in [6, 6.07) is 0. The molecular formula is C8H13N3O3. The molecular weight excluding hydrogens is 186 g/mol. The van der Waals surface area contributed by atoms with Crippen LogP contribution in [0.15, 0.2) is 0 Å². The SMILES string of the molecule is NCCCN1CC(=O)NC(=O)CC1=O. The third-order valence-corrected chi connectivity index (χ3v) is 1.91. The predicted octanol–water partition coefficient (Wildman–Crippen LogP) is -1.79. The van der Waals surface area contributed by atoms with Crippen LogP contribution in [0.1, 0.15) is 12.8 Å². The molecule has 6 heteroatoms. The van der Waals surface area contributed by atoms with E-state index in [0.29, 0.717) is 19.5 Å². The zero-order valence-corrected chi connectivity index (χ0v) is 7.78. The molecule has 1 aliphatic rings. The van der Waals surface area contributed by atoms with Crippen LogP contribution in [0, 0.1) is 0 Å². The first-order valence-electron chi connectivity index (χ1n) is 4.44. The molecule has 1 heterocycles. The molecule has 0 atom stereocenters. The molecule has 0 aromatic rings. The Balaban J connectivity index is 2.59. The Morgan fingerprint density at radius 3 is 2.64 bits per heavy atom. The first kappa shape index (κ1) is 10.6. The van der Waals surface area contributed by atoms with Crippen LogP contribution in [0.4, 0.5) is 0 Å². The van der Waals surface area contributed by atoms with E-state index in [1.54, 1.807) is 0 Å². The van der Waals surface area contributed by atoms with Crippen molar-refractivity contribution >= 4 is 17.7 Å². The van der Waals surface area contributed by atoms with Gasteiger partial charge in [0.1, 0.15) is 6.42 Å². The summed E-state index contributed by atoms with van der Waals surface area (Å²) >= 11 is 0. The maximum atomic E-state index is 11.3. The lowest BCUT2D eigenvalue weighted by Gasteiger charge is -2.17. The van der Waals surface area contributed by atoms with Gasteiger partial charge in [0.25, 0.3) is 0 Å². The van der Waals surface area contributed by atoms with Crippen molar-refractivity contribution in [3.8, 4) is 0 Å². The fraction of sp³-hybridized carbons (Fsp3) is 0.625. The summed E-state index contributed by atoms with van der Waals surface area (Å²) in [6.07, 6.45) is 0.378. The van der Waals surface area contributed by atoms with Gasteiger partial charge in [0.15, 0.2) is 0 Å². The van der Waals surface area contributed by atoms with Crippen LogP contribution in [0.5, 0.6) is 0 Å². The molecule has 0 saturated carbocycles. The van der Waals surface area contributed by atoms with Gasteiger partial charge in [0, 0.05) is 6.54 Å². The largest absolute Gasteiger partial charge is 0.333 e. The van der Waals surface area contributed by atoms with Gasteiger partial charge in [-0.1, -0.05) is 0 Å². The number of amides is 3. The fourth-order valence-corrected chi connectivity index (χ4v) is 1.24. The number of carbonyl (C=O) groups excluding carboxylic acids is 3. The molecule has 0 unspecified atom stereocenters. The lowest BCUT2D eigenvalue weighted by Crippen LogP contribution is -2.37. The van der Waals surface area contributed by atoms with Crippen molar-refractivity contribution in [1.82, 2.24) is 10.2 Å². The number of nitrogens with one attached hydrogen (secondary N) is 1. The highest BCUT2D eigenvalue weighted by Crippen LogP contribution is 2.00. The number of hydrogen-bond acceptors (Lipinski definition) is 4. The van der Waals surface area contributed by atoms with Crippen molar-refractivity contribution in [3.63, 3.8) is 0 Å². The lowest BCUT2D eigenvalue weighted by atomic mass is 10.3. The van der Waals surface area contributed by atoms with Crippen LogP contribution in [-0.2, 0) is 14.4 Å². The second-order valence-electron chi connectivity index (χ2n) is 3.11. The van der Waals surface area contributed by atoms with E-state index in [1.165, 1.54) is 4.90 Å². The molecule has 0 aliphatic carbocycles. The highest BCUT2D eigenvalue weighted by atomic mass is 16.2. The first-order chi connectivity index (χ1) is 6.63. The molecule has 78 valence electrons. The number of imide groups is 1. The fourth-order valence-electron chi connectivity index (χ4n) is 1.24. The Kier molecular flexibility index (Phi) is 3.58. The minimum absolute atomic E-state index is 0.0510. The summed E-state index contributed by atoms with van der Waals surface area (Å²) in [7, 11) is 0. The van der Waals surface area contributed by atoms with E-state index in [1.807, 2.05) is 0 Å². The molecule has 0 bridgehead atoms. The number of nitrogens with zero attached hydrogens (tertiary/aromatic N) is 1. The van der Waals surface area contributed by atoms with Gasteiger partial charge in [0.05, 0.1) is 6.54 Å². The lowest BCUT2D eigenvalue weighted by molar-refractivity contribution is -0.134. The van der Waals surface area contributed by atoms with E-state index in [2.05, 4.69) is 5.32 Å². The molecule has 14 heavy (non-hydrogen) atoms. The highest BCUT2D eigenvalue weighted by molar-refractivity contribution is 6.07. The molecule has 1 aliphatic heterocycles. The molecule has 3 amide bonds. The number of hydrogen-bond donors (Lipinski definition) is 2. The minimum atomic E-state index is -0.532. The second kappa shape index (κ2) is 4.71. The zero-order valence-electron chi connectivity index (χ0n) is 7.78. The maximum absolute atomic E-state index is 11.3. The number of carbonyl (C=O) groups is 3. The van der Waals surface area contributed by atoms with E-state index in [-0.39, 0.29) is 18.9 Å². The van der Waals surface area contributed by atoms with Crippen molar-refractivity contribution in [1.29, 1.82) is 0 Å². The summed E-state index contributed by atoms with van der Waals surface area (Å²) in [5.41, 5.74) is 5.29. The summed E-state index contributed by atoms with van der Waals surface area (Å²) in [6.45, 7) is 0.833. The van der Waals surface area contributed by atoms with E-state index in [9.17, 15) is 14.4 Å². The van der Waals surface area contributed by atoms with Gasteiger partial charge in [-0.3, -0.25) is 19.7 Å². The number of nitrogens with two attached hydrogens (primary N) is 1. The quantitative estimate of drug-likeness (QED) is 0.415. The molecule has 0 aromatic heterocycles. The number of rotatable bonds is 3. The molecule has 0 radical (unpaired) electrons. The molecule has 1 fully saturated rings. The van der Waals surface area contributed by atoms with Gasteiger partial charge >= 0.3 is 0 Å². The Bertz CT molecular complexity index is 265. The van der Waals surface area contributed by atoms with E-state index >= 15 is 0 Å². The third kappa shape index (κ3) is 2.81. The summed E-state index contributed by atoms with van der Waals surface area (Å²) in [5, 5.41) is 2.11. The van der Waals surface area contributed by atoms with Gasteiger partial charge < -0.3 is 10.6 Å². The van der Waals surface area contributed by atoms with Crippen LogP contribution in [0.3, 0.4) is 0 Å². The van der Waals surface area contributed by atoms with Crippen LogP contribution in [-0.4, -0.2) is 42.3 Å². The molecule has 3 N–H and O–H groups in total. The minimum Gasteiger partial charge on any atom is -0.333 e. The second-order valence-corrected chi connectivity index (χ2v) is 3.11. The van der Waals surface area contributed by atoms with Crippen molar-refractivity contribution in [3.05, 3.63) is 0 Å². The van der Waals surface area contributed by atoms with Crippen molar-refractivity contribution < 1.29 is 14.4 Å². The van der Waals surface area contributed by atoms with Crippen molar-refractivity contribution in [2.45, 2.75) is 12.8 Å². The third-order valence-electron chi connectivity index (χ3n) is 1.91. The van der Waals surface area contributed by atoms with E-state index in [0.717, 1.165) is 0 Å². The van der Waals surface area contributed by atoms with Gasteiger partial charge in [0.2, 0.25) is 17.7 Å². The monoisotopic (exact) mass is 199 g/mol. The molecule has 1 saturated heterocycles. The average molecular weight is 199 g/mol. The van der Waals surface area contributed by atoms with Crippen molar-refractivity contribution in [2.75, 3.05) is 19.6 Å². The average Bonchev–Trinajstić information content (AvgIpc) is 2.21. The molecule has 0 aromatic carbocycles. The van der Waals surface area contributed by atoms with Gasteiger partial charge in [-0.2, -0.15) is 0 Å². The normalized spacial score (nSPS) is 18.1.